The molecular formula is C17H20N2O3. The smallest absolute Gasteiger partial charge is 0.255 e. The van der Waals surface area contributed by atoms with E-state index in [1.807, 2.05) is 26.0 Å². The molecule has 1 N–H and O–H groups in total. The van der Waals surface area contributed by atoms with Crippen molar-refractivity contribution in [3.63, 3.8) is 0 Å². The fourth-order valence-electron chi connectivity index (χ4n) is 3.38. The van der Waals surface area contributed by atoms with E-state index in [4.69, 9.17) is 0 Å². The Kier molecular flexibility index (Phi) is 3.31. The first kappa shape index (κ1) is 14.8. The zero-order valence-electron chi connectivity index (χ0n) is 13.2. The van der Waals surface area contributed by atoms with Crippen molar-refractivity contribution >= 4 is 17.7 Å². The molecule has 1 aromatic rings. The number of nitrogens with zero attached hydrogens (tertiary/aromatic N) is 1. The van der Waals surface area contributed by atoms with E-state index in [0.29, 0.717) is 13.0 Å². The van der Waals surface area contributed by atoms with Gasteiger partial charge in [-0.25, -0.2) is 0 Å². The van der Waals surface area contributed by atoms with Crippen molar-refractivity contribution < 1.29 is 14.4 Å². The Morgan fingerprint density at radius 1 is 1.27 bits per heavy atom. The van der Waals surface area contributed by atoms with Crippen molar-refractivity contribution in [1.82, 2.24) is 10.2 Å². The van der Waals surface area contributed by atoms with E-state index in [-0.39, 0.29) is 24.1 Å². The van der Waals surface area contributed by atoms with Gasteiger partial charge in [0.1, 0.15) is 5.54 Å². The third-order valence-corrected chi connectivity index (χ3v) is 4.97. The minimum atomic E-state index is -0.957. The number of imide groups is 1. The summed E-state index contributed by atoms with van der Waals surface area (Å²) >= 11 is 0. The van der Waals surface area contributed by atoms with Crippen LogP contribution in [0.5, 0.6) is 0 Å². The molecule has 5 heteroatoms. The van der Waals surface area contributed by atoms with Crippen molar-refractivity contribution in [3.05, 3.63) is 34.4 Å². The Balaban J connectivity index is 2.03. The van der Waals surface area contributed by atoms with Gasteiger partial charge in [-0.3, -0.25) is 19.7 Å². The van der Waals surface area contributed by atoms with Crippen LogP contribution in [0.2, 0.25) is 0 Å². The number of benzene rings is 1. The normalized spacial score (nSPS) is 24.5. The molecule has 1 fully saturated rings. The van der Waals surface area contributed by atoms with Gasteiger partial charge in [0.2, 0.25) is 5.91 Å². The highest BCUT2D eigenvalue weighted by Crippen LogP contribution is 2.36. The zero-order chi connectivity index (χ0) is 16.1. The number of nitrogens with one attached hydrogen (secondary N) is 1. The summed E-state index contributed by atoms with van der Waals surface area (Å²) in [5.74, 6) is -0.736. The third-order valence-electron chi connectivity index (χ3n) is 4.97. The molecular weight excluding hydrogens is 280 g/mol. The number of rotatable bonds is 2. The zero-order valence-corrected chi connectivity index (χ0v) is 13.2. The van der Waals surface area contributed by atoms with E-state index in [2.05, 4.69) is 5.32 Å². The summed E-state index contributed by atoms with van der Waals surface area (Å²) in [5.41, 5.74) is 2.88. The Morgan fingerprint density at radius 3 is 2.64 bits per heavy atom. The molecule has 22 heavy (non-hydrogen) atoms. The second-order valence-electron chi connectivity index (χ2n) is 6.29. The number of aryl methyl sites for hydroxylation is 2. The van der Waals surface area contributed by atoms with Gasteiger partial charge in [-0.1, -0.05) is 19.1 Å². The van der Waals surface area contributed by atoms with Crippen LogP contribution in [0, 0.1) is 6.92 Å². The van der Waals surface area contributed by atoms with Gasteiger partial charge in [0.05, 0.1) is 0 Å². The highest BCUT2D eigenvalue weighted by molar-refractivity contribution is 6.08. The molecule has 5 nitrogen and oxygen atoms in total. The molecule has 2 aliphatic rings. The highest BCUT2D eigenvalue weighted by atomic mass is 16.2. The summed E-state index contributed by atoms with van der Waals surface area (Å²) in [6.45, 7) is 6.20. The summed E-state index contributed by atoms with van der Waals surface area (Å²) in [5, 5.41) is 2.37. The fraction of sp³-hybridized carbons (Fsp3) is 0.471. The van der Waals surface area contributed by atoms with Crippen LogP contribution in [0.1, 0.15) is 53.7 Å². The summed E-state index contributed by atoms with van der Waals surface area (Å²) in [6, 6.07) is 4.02. The lowest BCUT2D eigenvalue weighted by molar-refractivity contribution is -0.142. The summed E-state index contributed by atoms with van der Waals surface area (Å²) in [6.07, 6.45) is 1.42. The van der Waals surface area contributed by atoms with Crippen molar-refractivity contribution in [1.29, 1.82) is 0 Å². The predicted molar refractivity (Wildman–Crippen MR) is 81.2 cm³/mol. The Morgan fingerprint density at radius 2 is 2.00 bits per heavy atom. The molecule has 0 aliphatic carbocycles. The van der Waals surface area contributed by atoms with Gasteiger partial charge in [-0.2, -0.15) is 0 Å². The van der Waals surface area contributed by atoms with Crippen LogP contribution in [0.25, 0.3) is 0 Å². The van der Waals surface area contributed by atoms with E-state index in [1.54, 1.807) is 11.8 Å². The first-order valence-corrected chi connectivity index (χ1v) is 7.66. The molecule has 2 aliphatic heterocycles. The maximum absolute atomic E-state index is 12.9. The topological polar surface area (TPSA) is 66.5 Å². The molecule has 0 radical (unpaired) electrons. The van der Waals surface area contributed by atoms with Crippen LogP contribution < -0.4 is 5.32 Å². The number of amides is 3. The first-order valence-electron chi connectivity index (χ1n) is 7.66. The van der Waals surface area contributed by atoms with Crippen LogP contribution in [0.15, 0.2) is 12.1 Å². The molecule has 1 atom stereocenters. The lowest BCUT2D eigenvalue weighted by Crippen LogP contribution is -2.61. The second kappa shape index (κ2) is 4.93. The first-order chi connectivity index (χ1) is 10.4. The molecule has 116 valence electrons. The van der Waals surface area contributed by atoms with E-state index < -0.39 is 5.54 Å². The number of fused-ring (bicyclic) bond motifs is 1. The SMILES string of the molecule is CCc1ccc(C)c2c1C(=O)N(C1(C)CCC(=O)NC1=O)C2. The van der Waals surface area contributed by atoms with Crippen LogP contribution in [0.4, 0.5) is 0 Å². The summed E-state index contributed by atoms with van der Waals surface area (Å²) < 4.78 is 0. The molecule has 3 rings (SSSR count). The lowest BCUT2D eigenvalue weighted by Gasteiger charge is -2.39. The van der Waals surface area contributed by atoms with Gasteiger partial charge in [0.15, 0.2) is 0 Å². The van der Waals surface area contributed by atoms with Crippen molar-refractivity contribution in [2.45, 2.75) is 52.1 Å². The van der Waals surface area contributed by atoms with Crippen LogP contribution in [-0.4, -0.2) is 28.2 Å². The van der Waals surface area contributed by atoms with Gasteiger partial charge in [-0.05, 0) is 43.4 Å². The number of carbonyl (C=O) groups excluding carboxylic acids is 3. The molecule has 1 unspecified atom stereocenters. The molecule has 0 bridgehead atoms. The van der Waals surface area contributed by atoms with Crippen LogP contribution in [0.3, 0.4) is 0 Å². The maximum atomic E-state index is 12.9. The van der Waals surface area contributed by atoms with E-state index in [1.165, 1.54) is 0 Å². The summed E-state index contributed by atoms with van der Waals surface area (Å²) in [7, 11) is 0. The molecule has 1 saturated heterocycles. The van der Waals surface area contributed by atoms with E-state index >= 15 is 0 Å². The van der Waals surface area contributed by atoms with Crippen molar-refractivity contribution in [3.8, 4) is 0 Å². The molecule has 2 heterocycles. The maximum Gasteiger partial charge on any atom is 0.255 e. The molecule has 1 aromatic carbocycles. The summed E-state index contributed by atoms with van der Waals surface area (Å²) in [4.78, 5) is 38.3. The van der Waals surface area contributed by atoms with Crippen molar-refractivity contribution in [2.75, 3.05) is 0 Å². The van der Waals surface area contributed by atoms with Crippen molar-refractivity contribution in [2.24, 2.45) is 0 Å². The molecule has 0 spiro atoms. The quantitative estimate of drug-likeness (QED) is 0.846. The largest absolute Gasteiger partial charge is 0.320 e. The average Bonchev–Trinajstić information content (AvgIpc) is 2.84. The number of hydrogen-bond donors (Lipinski definition) is 1. The Labute approximate surface area is 129 Å². The van der Waals surface area contributed by atoms with Crippen LogP contribution >= 0.6 is 0 Å². The van der Waals surface area contributed by atoms with Gasteiger partial charge in [-0.15, -0.1) is 0 Å². The fourth-order valence-corrected chi connectivity index (χ4v) is 3.38. The minimum Gasteiger partial charge on any atom is -0.320 e. The van der Waals surface area contributed by atoms with Gasteiger partial charge in [0.25, 0.3) is 11.8 Å². The number of piperidine rings is 1. The molecule has 0 saturated carbocycles. The van der Waals surface area contributed by atoms with Gasteiger partial charge in [0, 0.05) is 18.5 Å². The molecule has 3 amide bonds. The van der Waals surface area contributed by atoms with E-state index in [0.717, 1.165) is 28.7 Å². The minimum absolute atomic E-state index is 0.0949. The standard InChI is InChI=1S/C17H20N2O3/c1-4-11-6-5-10(2)12-9-19(15(21)14(11)12)17(3)8-7-13(20)18-16(17)22/h5-6H,4,7-9H2,1-3H3,(H,18,20,22). The second-order valence-corrected chi connectivity index (χ2v) is 6.29. The highest BCUT2D eigenvalue weighted by Gasteiger charge is 2.49. The van der Waals surface area contributed by atoms with Gasteiger partial charge < -0.3 is 4.90 Å². The number of hydrogen-bond acceptors (Lipinski definition) is 3. The monoisotopic (exact) mass is 300 g/mol. The predicted octanol–water partition coefficient (Wildman–Crippen LogP) is 1.71. The van der Waals surface area contributed by atoms with Crippen LogP contribution in [-0.2, 0) is 22.6 Å². The average molecular weight is 300 g/mol. The Hall–Kier alpha value is -2.17. The number of carbonyl (C=O) groups is 3. The lowest BCUT2D eigenvalue weighted by atomic mass is 9.89. The molecule has 0 aromatic heterocycles. The van der Waals surface area contributed by atoms with Gasteiger partial charge >= 0.3 is 0 Å². The Bertz CT molecular complexity index is 695. The van der Waals surface area contributed by atoms with E-state index in [9.17, 15) is 14.4 Å². The third kappa shape index (κ3) is 1.95.